The molecule has 0 bridgehead atoms. The van der Waals surface area contributed by atoms with Gasteiger partial charge in [-0.3, -0.25) is 4.79 Å². The van der Waals surface area contributed by atoms with Gasteiger partial charge in [0.2, 0.25) is 0 Å². The van der Waals surface area contributed by atoms with Crippen LogP contribution in [0.3, 0.4) is 0 Å². The van der Waals surface area contributed by atoms with Crippen LogP contribution in [0.1, 0.15) is 11.1 Å². The minimum absolute atomic E-state index is 0.114. The SMILES string of the molecule is CSCCc1ccc(CC(=O)O)cc1. The third-order valence-corrected chi connectivity index (χ3v) is 2.59. The molecule has 14 heavy (non-hydrogen) atoms. The van der Waals surface area contributed by atoms with E-state index < -0.39 is 5.97 Å². The lowest BCUT2D eigenvalue weighted by atomic mass is 10.1. The minimum atomic E-state index is -0.776. The lowest BCUT2D eigenvalue weighted by Gasteiger charge is -2.01. The molecule has 0 aliphatic rings. The van der Waals surface area contributed by atoms with E-state index in [-0.39, 0.29) is 6.42 Å². The molecule has 0 heterocycles. The Labute approximate surface area is 88.3 Å². The van der Waals surface area contributed by atoms with E-state index in [1.807, 2.05) is 36.0 Å². The molecule has 1 aromatic carbocycles. The number of carboxylic acids is 1. The van der Waals surface area contributed by atoms with Gasteiger partial charge in [0.1, 0.15) is 0 Å². The molecule has 1 aromatic rings. The topological polar surface area (TPSA) is 37.3 Å². The molecule has 0 aliphatic heterocycles. The molecule has 0 aromatic heterocycles. The van der Waals surface area contributed by atoms with Gasteiger partial charge < -0.3 is 5.11 Å². The molecule has 0 amide bonds. The van der Waals surface area contributed by atoms with Crippen molar-refractivity contribution in [3.63, 3.8) is 0 Å². The number of hydrogen-bond acceptors (Lipinski definition) is 2. The monoisotopic (exact) mass is 210 g/mol. The van der Waals surface area contributed by atoms with Crippen molar-refractivity contribution in [3.8, 4) is 0 Å². The van der Waals surface area contributed by atoms with Gasteiger partial charge in [0.25, 0.3) is 0 Å². The predicted molar refractivity (Wildman–Crippen MR) is 59.9 cm³/mol. The van der Waals surface area contributed by atoms with Crippen LogP contribution in [0.15, 0.2) is 24.3 Å². The van der Waals surface area contributed by atoms with Crippen molar-refractivity contribution in [2.45, 2.75) is 12.8 Å². The molecule has 0 aliphatic carbocycles. The van der Waals surface area contributed by atoms with Crippen LogP contribution in [0.5, 0.6) is 0 Å². The van der Waals surface area contributed by atoms with Crippen molar-refractivity contribution < 1.29 is 9.90 Å². The van der Waals surface area contributed by atoms with Crippen LogP contribution < -0.4 is 0 Å². The fraction of sp³-hybridized carbons (Fsp3) is 0.364. The van der Waals surface area contributed by atoms with Crippen LogP contribution in [0, 0.1) is 0 Å². The Morgan fingerprint density at radius 2 is 1.86 bits per heavy atom. The van der Waals surface area contributed by atoms with Crippen LogP contribution in [-0.4, -0.2) is 23.1 Å². The lowest BCUT2D eigenvalue weighted by Crippen LogP contribution is -2.00. The van der Waals surface area contributed by atoms with E-state index in [1.165, 1.54) is 5.56 Å². The van der Waals surface area contributed by atoms with Crippen LogP contribution in [0.2, 0.25) is 0 Å². The first-order chi connectivity index (χ1) is 6.72. The Hall–Kier alpha value is -0.960. The van der Waals surface area contributed by atoms with E-state index in [0.717, 1.165) is 17.7 Å². The summed E-state index contributed by atoms with van der Waals surface area (Å²) in [6.45, 7) is 0. The van der Waals surface area contributed by atoms with E-state index in [1.54, 1.807) is 0 Å². The second-order valence-electron chi connectivity index (χ2n) is 3.13. The van der Waals surface area contributed by atoms with Gasteiger partial charge in [0.05, 0.1) is 6.42 Å². The zero-order valence-electron chi connectivity index (χ0n) is 8.19. The second kappa shape index (κ2) is 5.70. The summed E-state index contributed by atoms with van der Waals surface area (Å²) in [6.07, 6.45) is 3.25. The molecule has 0 radical (unpaired) electrons. The summed E-state index contributed by atoms with van der Waals surface area (Å²) >= 11 is 1.82. The molecule has 3 heteroatoms. The van der Waals surface area contributed by atoms with Crippen molar-refractivity contribution in [2.24, 2.45) is 0 Å². The summed E-state index contributed by atoms with van der Waals surface area (Å²) in [4.78, 5) is 10.4. The average molecular weight is 210 g/mol. The highest BCUT2D eigenvalue weighted by atomic mass is 32.2. The summed E-state index contributed by atoms with van der Waals surface area (Å²) in [7, 11) is 0. The van der Waals surface area contributed by atoms with E-state index >= 15 is 0 Å². The Kier molecular flexibility index (Phi) is 4.53. The zero-order valence-corrected chi connectivity index (χ0v) is 9.01. The highest BCUT2D eigenvalue weighted by Gasteiger charge is 1.99. The normalized spacial score (nSPS) is 10.1. The van der Waals surface area contributed by atoms with Crippen LogP contribution in [0.4, 0.5) is 0 Å². The third kappa shape index (κ3) is 3.83. The molecule has 0 fully saturated rings. The minimum Gasteiger partial charge on any atom is -0.481 e. The summed E-state index contributed by atoms with van der Waals surface area (Å²) < 4.78 is 0. The van der Waals surface area contributed by atoms with Crippen LogP contribution >= 0.6 is 11.8 Å². The van der Waals surface area contributed by atoms with E-state index in [2.05, 4.69) is 6.26 Å². The fourth-order valence-corrected chi connectivity index (χ4v) is 1.66. The van der Waals surface area contributed by atoms with E-state index in [9.17, 15) is 4.79 Å². The molecule has 0 saturated heterocycles. The highest BCUT2D eigenvalue weighted by molar-refractivity contribution is 7.98. The molecular formula is C11H14O2S. The van der Waals surface area contributed by atoms with Gasteiger partial charge in [0.15, 0.2) is 0 Å². The van der Waals surface area contributed by atoms with Gasteiger partial charge in [-0.25, -0.2) is 0 Å². The van der Waals surface area contributed by atoms with Gasteiger partial charge in [-0.1, -0.05) is 24.3 Å². The summed E-state index contributed by atoms with van der Waals surface area (Å²) in [5, 5.41) is 8.57. The van der Waals surface area contributed by atoms with Gasteiger partial charge in [-0.2, -0.15) is 11.8 Å². The summed E-state index contributed by atoms with van der Waals surface area (Å²) in [6, 6.07) is 7.80. The Morgan fingerprint density at radius 1 is 1.29 bits per heavy atom. The quantitative estimate of drug-likeness (QED) is 0.809. The number of rotatable bonds is 5. The number of benzene rings is 1. The zero-order chi connectivity index (χ0) is 10.4. The van der Waals surface area contributed by atoms with Crippen LogP contribution in [0.25, 0.3) is 0 Å². The van der Waals surface area contributed by atoms with Crippen LogP contribution in [-0.2, 0) is 17.6 Å². The Bertz CT molecular complexity index is 293. The molecule has 0 spiro atoms. The van der Waals surface area contributed by atoms with Crippen molar-refractivity contribution in [1.82, 2.24) is 0 Å². The van der Waals surface area contributed by atoms with E-state index in [4.69, 9.17) is 5.11 Å². The molecule has 76 valence electrons. The maximum Gasteiger partial charge on any atom is 0.307 e. The molecule has 1 rings (SSSR count). The highest BCUT2D eigenvalue weighted by Crippen LogP contribution is 2.08. The molecule has 0 atom stereocenters. The first-order valence-corrected chi connectivity index (χ1v) is 5.90. The number of aryl methyl sites for hydroxylation is 1. The smallest absolute Gasteiger partial charge is 0.307 e. The molecular weight excluding hydrogens is 196 g/mol. The maximum atomic E-state index is 10.4. The molecule has 0 unspecified atom stereocenters. The fourth-order valence-electron chi connectivity index (χ4n) is 1.22. The van der Waals surface area contributed by atoms with Gasteiger partial charge in [-0.15, -0.1) is 0 Å². The van der Waals surface area contributed by atoms with Gasteiger partial charge in [-0.05, 0) is 29.6 Å². The average Bonchev–Trinajstić information content (AvgIpc) is 2.16. The van der Waals surface area contributed by atoms with Crippen molar-refractivity contribution >= 4 is 17.7 Å². The van der Waals surface area contributed by atoms with Gasteiger partial charge >= 0.3 is 5.97 Å². The predicted octanol–water partition coefficient (Wildman–Crippen LogP) is 2.22. The van der Waals surface area contributed by atoms with Crippen molar-refractivity contribution in [3.05, 3.63) is 35.4 Å². The number of aliphatic carboxylic acids is 1. The molecule has 1 N–H and O–H groups in total. The Morgan fingerprint density at radius 3 is 2.36 bits per heavy atom. The number of hydrogen-bond donors (Lipinski definition) is 1. The number of carbonyl (C=O) groups is 1. The second-order valence-corrected chi connectivity index (χ2v) is 4.12. The lowest BCUT2D eigenvalue weighted by molar-refractivity contribution is -0.136. The standard InChI is InChI=1S/C11H14O2S/c1-14-7-6-9-2-4-10(5-3-9)8-11(12)13/h2-5H,6-8H2,1H3,(H,12,13). The van der Waals surface area contributed by atoms with E-state index in [0.29, 0.717) is 0 Å². The summed E-state index contributed by atoms with van der Waals surface area (Å²) in [5.41, 5.74) is 2.14. The number of carboxylic acid groups (broad SMARTS) is 1. The largest absolute Gasteiger partial charge is 0.481 e. The van der Waals surface area contributed by atoms with Crippen molar-refractivity contribution in [1.29, 1.82) is 0 Å². The molecule has 0 saturated carbocycles. The first kappa shape index (κ1) is 11.1. The summed E-state index contributed by atoms with van der Waals surface area (Å²) in [5.74, 6) is 0.333. The number of thioether (sulfide) groups is 1. The van der Waals surface area contributed by atoms with Gasteiger partial charge in [0, 0.05) is 0 Å². The Balaban J connectivity index is 2.54. The molecule has 2 nitrogen and oxygen atoms in total. The van der Waals surface area contributed by atoms with Crippen molar-refractivity contribution in [2.75, 3.05) is 12.0 Å². The maximum absolute atomic E-state index is 10.4. The first-order valence-electron chi connectivity index (χ1n) is 4.51. The third-order valence-electron chi connectivity index (χ3n) is 1.97.